The number of esters is 1. The van der Waals surface area contributed by atoms with Crippen LogP contribution in [0.5, 0.6) is 5.75 Å². The summed E-state index contributed by atoms with van der Waals surface area (Å²) in [6, 6.07) is 5.02. The molecule has 32 heavy (non-hydrogen) atoms. The third kappa shape index (κ3) is 5.97. The van der Waals surface area contributed by atoms with Crippen molar-refractivity contribution in [2.24, 2.45) is 11.3 Å². The van der Waals surface area contributed by atoms with Crippen LogP contribution < -0.4 is 10.1 Å². The maximum atomic E-state index is 12.6. The van der Waals surface area contributed by atoms with Crippen LogP contribution in [0.15, 0.2) is 18.2 Å². The molecule has 0 saturated heterocycles. The minimum Gasteiger partial charge on any atom is -0.492 e. The number of methoxy groups -OCH3 is 1. The number of carbonyl (C=O) groups is 2. The number of hydrogen-bond donors (Lipinski definition) is 1. The number of benzene rings is 1. The molecule has 1 heterocycles. The van der Waals surface area contributed by atoms with Gasteiger partial charge in [0.1, 0.15) is 10.8 Å². The summed E-state index contributed by atoms with van der Waals surface area (Å²) in [7, 11) is 1.37. The molecule has 1 aliphatic carbocycles. The van der Waals surface area contributed by atoms with Crippen molar-refractivity contribution in [1.29, 1.82) is 0 Å². The zero-order valence-corrected chi connectivity index (χ0v) is 21.2. The molecule has 2 aromatic rings. The van der Waals surface area contributed by atoms with Crippen molar-refractivity contribution in [1.82, 2.24) is 0 Å². The van der Waals surface area contributed by atoms with Crippen LogP contribution in [0.4, 0.5) is 5.00 Å². The highest BCUT2D eigenvalue weighted by atomic mass is 35.5. The summed E-state index contributed by atoms with van der Waals surface area (Å²) in [4.78, 5) is 26.2. The molecule has 8 heteroatoms. The number of halogens is 2. The Bertz CT molecular complexity index is 997. The average Bonchev–Trinajstić information content (AvgIpc) is 3.08. The van der Waals surface area contributed by atoms with E-state index in [1.165, 1.54) is 23.3 Å². The Morgan fingerprint density at radius 2 is 2.00 bits per heavy atom. The van der Waals surface area contributed by atoms with Gasteiger partial charge in [-0.15, -0.1) is 11.3 Å². The molecule has 1 N–H and O–H groups in total. The van der Waals surface area contributed by atoms with Gasteiger partial charge in [-0.25, -0.2) is 4.79 Å². The minimum absolute atomic E-state index is 0.160. The van der Waals surface area contributed by atoms with Gasteiger partial charge in [0.2, 0.25) is 5.91 Å². The highest BCUT2D eigenvalue weighted by Gasteiger charge is 2.34. The van der Waals surface area contributed by atoms with Gasteiger partial charge in [-0.05, 0) is 60.8 Å². The van der Waals surface area contributed by atoms with E-state index in [0.29, 0.717) is 45.3 Å². The Morgan fingerprint density at radius 1 is 1.25 bits per heavy atom. The molecule has 1 aromatic heterocycles. The molecule has 1 aliphatic rings. The summed E-state index contributed by atoms with van der Waals surface area (Å²) in [5, 5.41) is 4.49. The van der Waals surface area contributed by atoms with E-state index in [-0.39, 0.29) is 17.7 Å². The number of ether oxygens (including phenoxy) is 2. The summed E-state index contributed by atoms with van der Waals surface area (Å²) in [6.07, 6.45) is 3.53. The van der Waals surface area contributed by atoms with E-state index in [4.69, 9.17) is 32.7 Å². The monoisotopic (exact) mass is 497 g/mol. The number of hydrogen-bond acceptors (Lipinski definition) is 5. The fourth-order valence-electron chi connectivity index (χ4n) is 3.93. The molecule has 1 atom stereocenters. The van der Waals surface area contributed by atoms with Gasteiger partial charge < -0.3 is 14.8 Å². The molecule has 0 radical (unpaired) electrons. The summed E-state index contributed by atoms with van der Waals surface area (Å²) in [5.74, 6) is 0.517. The molecule has 3 rings (SSSR count). The van der Waals surface area contributed by atoms with Gasteiger partial charge in [0, 0.05) is 16.3 Å². The maximum absolute atomic E-state index is 12.6. The Kier molecular flexibility index (Phi) is 8.12. The van der Waals surface area contributed by atoms with Crippen molar-refractivity contribution >= 4 is 51.4 Å². The van der Waals surface area contributed by atoms with E-state index < -0.39 is 5.97 Å². The van der Waals surface area contributed by atoms with Gasteiger partial charge in [0.15, 0.2) is 0 Å². The maximum Gasteiger partial charge on any atom is 0.341 e. The van der Waals surface area contributed by atoms with Gasteiger partial charge in [0.25, 0.3) is 0 Å². The van der Waals surface area contributed by atoms with Crippen LogP contribution in [0.2, 0.25) is 10.0 Å². The fraction of sp³-hybridized carbons (Fsp3) is 0.500. The average molecular weight is 498 g/mol. The molecule has 0 unspecified atom stereocenters. The summed E-state index contributed by atoms with van der Waals surface area (Å²) < 4.78 is 10.7. The van der Waals surface area contributed by atoms with E-state index in [1.54, 1.807) is 18.2 Å². The number of anilines is 1. The highest BCUT2D eigenvalue weighted by Crippen LogP contribution is 2.44. The SMILES string of the molecule is COC(=O)c1c(NC(=O)CCCOc2ccc(Cl)cc2Cl)sc2c1CC[C@@H](C(C)(C)C)C2. The number of rotatable bonds is 7. The Hall–Kier alpha value is -1.76. The van der Waals surface area contributed by atoms with Crippen molar-refractivity contribution in [2.75, 3.05) is 19.0 Å². The molecule has 1 amide bonds. The van der Waals surface area contributed by atoms with Crippen molar-refractivity contribution < 1.29 is 19.1 Å². The van der Waals surface area contributed by atoms with Crippen LogP contribution in [0.1, 0.15) is 60.8 Å². The first-order valence-corrected chi connectivity index (χ1v) is 12.3. The van der Waals surface area contributed by atoms with E-state index in [1.807, 2.05) is 0 Å². The zero-order valence-electron chi connectivity index (χ0n) is 18.8. The Balaban J connectivity index is 1.62. The lowest BCUT2D eigenvalue weighted by Crippen LogP contribution is -2.26. The molecule has 1 aromatic carbocycles. The largest absolute Gasteiger partial charge is 0.492 e. The molecule has 0 spiro atoms. The van der Waals surface area contributed by atoms with Crippen LogP contribution in [0, 0.1) is 11.3 Å². The quantitative estimate of drug-likeness (QED) is 0.337. The molecule has 0 fully saturated rings. The third-order valence-electron chi connectivity index (χ3n) is 5.83. The number of fused-ring (bicyclic) bond motifs is 1. The molecule has 5 nitrogen and oxygen atoms in total. The number of amides is 1. The standard InChI is InChI=1S/C24H29Cl2NO4S/c1-24(2,3)14-7-9-16-19(12-14)32-22(21(16)23(29)30-4)27-20(28)6-5-11-31-18-10-8-15(25)13-17(18)26/h8,10,13-14H,5-7,9,11-12H2,1-4H3,(H,27,28)/t14-/m1/s1. The normalized spacial score (nSPS) is 15.8. The molecule has 0 saturated carbocycles. The van der Waals surface area contributed by atoms with Crippen molar-refractivity contribution in [3.63, 3.8) is 0 Å². The van der Waals surface area contributed by atoms with Gasteiger partial charge in [-0.2, -0.15) is 0 Å². The van der Waals surface area contributed by atoms with Crippen molar-refractivity contribution in [3.05, 3.63) is 44.2 Å². The summed E-state index contributed by atoms with van der Waals surface area (Å²) in [6.45, 7) is 7.09. The van der Waals surface area contributed by atoms with Crippen LogP contribution >= 0.6 is 34.5 Å². The topological polar surface area (TPSA) is 64.6 Å². The minimum atomic E-state index is -0.396. The van der Waals surface area contributed by atoms with Gasteiger partial charge in [0.05, 0.1) is 24.3 Å². The number of thiophene rings is 1. The second-order valence-electron chi connectivity index (χ2n) is 9.08. The van der Waals surface area contributed by atoms with Gasteiger partial charge in [-0.1, -0.05) is 44.0 Å². The third-order valence-corrected chi connectivity index (χ3v) is 7.53. The molecule has 174 valence electrons. The predicted molar refractivity (Wildman–Crippen MR) is 130 cm³/mol. The van der Waals surface area contributed by atoms with E-state index in [2.05, 4.69) is 26.1 Å². The summed E-state index contributed by atoms with van der Waals surface area (Å²) in [5.41, 5.74) is 1.74. The van der Waals surface area contributed by atoms with Crippen LogP contribution in [0.25, 0.3) is 0 Å². The molecular weight excluding hydrogens is 469 g/mol. The fourth-order valence-corrected chi connectivity index (χ4v) is 5.72. The highest BCUT2D eigenvalue weighted by molar-refractivity contribution is 7.17. The van der Waals surface area contributed by atoms with Gasteiger partial charge >= 0.3 is 5.97 Å². The first kappa shape index (κ1) is 24.9. The lowest BCUT2D eigenvalue weighted by atomic mass is 9.72. The van der Waals surface area contributed by atoms with Crippen LogP contribution in [-0.2, 0) is 22.4 Å². The van der Waals surface area contributed by atoms with E-state index in [0.717, 1.165) is 24.8 Å². The number of nitrogens with one attached hydrogen (secondary N) is 1. The van der Waals surface area contributed by atoms with E-state index in [9.17, 15) is 9.59 Å². The van der Waals surface area contributed by atoms with Crippen LogP contribution in [-0.4, -0.2) is 25.6 Å². The predicted octanol–water partition coefficient (Wildman–Crippen LogP) is 6.79. The molecular formula is C24H29Cl2NO4S. The number of carbonyl (C=O) groups excluding carboxylic acids is 2. The van der Waals surface area contributed by atoms with Crippen LogP contribution in [0.3, 0.4) is 0 Å². The Labute approximate surface area is 203 Å². The molecule has 0 bridgehead atoms. The first-order chi connectivity index (χ1) is 15.1. The second kappa shape index (κ2) is 10.4. The van der Waals surface area contributed by atoms with Crippen molar-refractivity contribution in [2.45, 2.75) is 52.9 Å². The zero-order chi connectivity index (χ0) is 23.5. The smallest absolute Gasteiger partial charge is 0.341 e. The first-order valence-electron chi connectivity index (χ1n) is 10.7. The van der Waals surface area contributed by atoms with Gasteiger partial charge in [-0.3, -0.25) is 4.79 Å². The Morgan fingerprint density at radius 3 is 2.66 bits per heavy atom. The van der Waals surface area contributed by atoms with Crippen molar-refractivity contribution in [3.8, 4) is 5.75 Å². The van der Waals surface area contributed by atoms with E-state index >= 15 is 0 Å². The second-order valence-corrected chi connectivity index (χ2v) is 11.0. The lowest BCUT2D eigenvalue weighted by Gasteiger charge is -2.33. The molecule has 0 aliphatic heterocycles. The summed E-state index contributed by atoms with van der Waals surface area (Å²) >= 11 is 13.5. The lowest BCUT2D eigenvalue weighted by molar-refractivity contribution is -0.116.